The second kappa shape index (κ2) is 4.68. The number of aromatic amines is 1. The first-order valence-electron chi connectivity index (χ1n) is 6.40. The molecule has 2 atom stereocenters. The molecule has 2 heterocycles. The predicted octanol–water partition coefficient (Wildman–Crippen LogP) is 0.573. The molecule has 19 heavy (non-hydrogen) atoms. The molecule has 1 aliphatic rings. The van der Waals surface area contributed by atoms with Crippen molar-refractivity contribution in [2.45, 2.75) is 12.1 Å². The Labute approximate surface area is 111 Å². The van der Waals surface area contributed by atoms with Crippen molar-refractivity contribution in [1.82, 2.24) is 15.2 Å². The number of H-pyrrole nitrogens is 1. The van der Waals surface area contributed by atoms with Crippen molar-refractivity contribution in [2.24, 2.45) is 0 Å². The minimum atomic E-state index is -0.495. The van der Waals surface area contributed by atoms with Gasteiger partial charge in [0.05, 0.1) is 12.1 Å². The molecular weight excluding hydrogens is 242 g/mol. The van der Waals surface area contributed by atoms with Gasteiger partial charge >= 0.3 is 0 Å². The molecule has 1 fully saturated rings. The van der Waals surface area contributed by atoms with E-state index in [4.69, 9.17) is 0 Å². The largest absolute Gasteiger partial charge is 0.390 e. The fourth-order valence-corrected chi connectivity index (χ4v) is 2.59. The summed E-state index contributed by atoms with van der Waals surface area (Å²) < 4.78 is 0. The second-order valence-corrected chi connectivity index (χ2v) is 4.99. The number of hydrogen-bond donors (Lipinski definition) is 3. The average Bonchev–Trinajstić information content (AvgIpc) is 3.04. The Kier molecular flexibility index (Phi) is 3.00. The lowest BCUT2D eigenvalue weighted by Crippen LogP contribution is -2.44. The summed E-state index contributed by atoms with van der Waals surface area (Å²) >= 11 is 0. The van der Waals surface area contributed by atoms with Gasteiger partial charge in [-0.25, -0.2) is 0 Å². The van der Waals surface area contributed by atoms with E-state index in [0.717, 1.165) is 10.9 Å². The van der Waals surface area contributed by atoms with Gasteiger partial charge in [0.2, 0.25) is 0 Å². The molecule has 5 heteroatoms. The quantitative estimate of drug-likeness (QED) is 0.738. The van der Waals surface area contributed by atoms with Crippen molar-refractivity contribution >= 4 is 16.8 Å². The second-order valence-electron chi connectivity index (χ2n) is 4.99. The van der Waals surface area contributed by atoms with Gasteiger partial charge in [-0.05, 0) is 24.3 Å². The third-order valence-corrected chi connectivity index (χ3v) is 3.77. The van der Waals surface area contributed by atoms with E-state index < -0.39 is 6.10 Å². The van der Waals surface area contributed by atoms with Gasteiger partial charge in [0.15, 0.2) is 0 Å². The van der Waals surface area contributed by atoms with Gasteiger partial charge in [0.1, 0.15) is 0 Å². The minimum Gasteiger partial charge on any atom is -0.390 e. The summed E-state index contributed by atoms with van der Waals surface area (Å²) in [6.45, 7) is 1.18. The van der Waals surface area contributed by atoms with Crippen LogP contribution in [0, 0.1) is 0 Å². The van der Waals surface area contributed by atoms with E-state index in [1.165, 1.54) is 0 Å². The number of likely N-dealkylation sites (N-methyl/N-ethyl adjacent to an activating group) is 1. The SMILES string of the molecule is CN(C(=O)c1ccc2[nH]ccc2c1)[C@@H]1CNC[C@H]1O. The Morgan fingerprint density at radius 3 is 2.95 bits per heavy atom. The molecule has 0 radical (unpaired) electrons. The topological polar surface area (TPSA) is 68.4 Å². The molecule has 1 amide bonds. The smallest absolute Gasteiger partial charge is 0.254 e. The molecule has 100 valence electrons. The van der Waals surface area contributed by atoms with Crippen molar-refractivity contribution in [3.63, 3.8) is 0 Å². The molecule has 0 saturated carbocycles. The van der Waals surface area contributed by atoms with Crippen LogP contribution in [0.5, 0.6) is 0 Å². The monoisotopic (exact) mass is 259 g/mol. The number of aliphatic hydroxyl groups is 1. The first kappa shape index (κ1) is 12.2. The van der Waals surface area contributed by atoms with Crippen LogP contribution >= 0.6 is 0 Å². The average molecular weight is 259 g/mol. The normalized spacial score (nSPS) is 22.8. The van der Waals surface area contributed by atoms with Gasteiger partial charge in [0, 0.05) is 42.8 Å². The van der Waals surface area contributed by atoms with Crippen LogP contribution in [0.1, 0.15) is 10.4 Å². The van der Waals surface area contributed by atoms with E-state index in [0.29, 0.717) is 18.7 Å². The van der Waals surface area contributed by atoms with Gasteiger partial charge in [-0.15, -0.1) is 0 Å². The Bertz CT molecular complexity index is 608. The van der Waals surface area contributed by atoms with Crippen LogP contribution in [0.3, 0.4) is 0 Å². The zero-order chi connectivity index (χ0) is 13.4. The molecule has 3 rings (SSSR count). The number of hydrogen-bond acceptors (Lipinski definition) is 3. The molecule has 1 aliphatic heterocycles. The number of amides is 1. The van der Waals surface area contributed by atoms with Crippen molar-refractivity contribution < 1.29 is 9.90 Å². The number of nitrogens with one attached hydrogen (secondary N) is 2. The number of fused-ring (bicyclic) bond motifs is 1. The van der Waals surface area contributed by atoms with Crippen molar-refractivity contribution in [1.29, 1.82) is 0 Å². The number of rotatable bonds is 2. The van der Waals surface area contributed by atoms with Crippen LogP contribution in [0.2, 0.25) is 0 Å². The maximum atomic E-state index is 12.4. The van der Waals surface area contributed by atoms with Crippen LogP contribution in [-0.4, -0.2) is 53.2 Å². The van der Waals surface area contributed by atoms with E-state index in [1.54, 1.807) is 11.9 Å². The highest BCUT2D eigenvalue weighted by atomic mass is 16.3. The summed E-state index contributed by atoms with van der Waals surface area (Å²) in [6.07, 6.45) is 1.36. The summed E-state index contributed by atoms with van der Waals surface area (Å²) in [5.41, 5.74) is 1.66. The highest BCUT2D eigenvalue weighted by Crippen LogP contribution is 2.17. The third-order valence-electron chi connectivity index (χ3n) is 3.77. The van der Waals surface area contributed by atoms with Gasteiger partial charge < -0.3 is 20.3 Å². The molecule has 1 aromatic carbocycles. The van der Waals surface area contributed by atoms with Crippen LogP contribution in [0.4, 0.5) is 0 Å². The zero-order valence-corrected chi connectivity index (χ0v) is 10.8. The molecule has 5 nitrogen and oxygen atoms in total. The first-order chi connectivity index (χ1) is 9.16. The lowest BCUT2D eigenvalue weighted by molar-refractivity contribution is 0.0581. The summed E-state index contributed by atoms with van der Waals surface area (Å²) in [5.74, 6) is -0.0594. The molecule has 1 aromatic heterocycles. The summed E-state index contributed by atoms with van der Waals surface area (Å²) in [5, 5.41) is 13.9. The van der Waals surface area contributed by atoms with Crippen molar-refractivity contribution in [3.05, 3.63) is 36.0 Å². The first-order valence-corrected chi connectivity index (χ1v) is 6.40. The molecule has 0 spiro atoms. The fraction of sp³-hybridized carbons (Fsp3) is 0.357. The van der Waals surface area contributed by atoms with Crippen LogP contribution < -0.4 is 5.32 Å². The molecule has 0 unspecified atom stereocenters. The maximum Gasteiger partial charge on any atom is 0.254 e. The standard InChI is InChI=1S/C14H17N3O2/c1-17(12-7-15-8-13(12)18)14(19)10-2-3-11-9(6-10)4-5-16-11/h2-6,12-13,15-16,18H,7-8H2,1H3/t12-,13-/m1/s1. The van der Waals surface area contributed by atoms with Gasteiger partial charge in [-0.1, -0.05) is 0 Å². The number of carbonyl (C=O) groups excluding carboxylic acids is 1. The van der Waals surface area contributed by atoms with Crippen LogP contribution in [-0.2, 0) is 0 Å². The fourth-order valence-electron chi connectivity index (χ4n) is 2.59. The van der Waals surface area contributed by atoms with Gasteiger partial charge in [-0.2, -0.15) is 0 Å². The molecule has 0 bridgehead atoms. The molecular formula is C14H17N3O2. The lowest BCUT2D eigenvalue weighted by atomic mass is 10.1. The Morgan fingerprint density at radius 2 is 2.21 bits per heavy atom. The highest BCUT2D eigenvalue weighted by Gasteiger charge is 2.31. The molecule has 2 aromatic rings. The van der Waals surface area contributed by atoms with Gasteiger partial charge in [0.25, 0.3) is 5.91 Å². The third kappa shape index (κ3) is 2.11. The highest BCUT2D eigenvalue weighted by molar-refractivity contribution is 5.98. The Morgan fingerprint density at radius 1 is 1.37 bits per heavy atom. The zero-order valence-electron chi connectivity index (χ0n) is 10.8. The van der Waals surface area contributed by atoms with E-state index in [2.05, 4.69) is 10.3 Å². The molecule has 0 aliphatic carbocycles. The summed E-state index contributed by atoms with van der Waals surface area (Å²) in [6, 6.07) is 7.37. The number of aliphatic hydroxyl groups excluding tert-OH is 1. The molecule has 3 N–H and O–H groups in total. The molecule has 1 saturated heterocycles. The van der Waals surface area contributed by atoms with Crippen molar-refractivity contribution in [3.8, 4) is 0 Å². The minimum absolute atomic E-state index is 0.0594. The number of benzene rings is 1. The Balaban J connectivity index is 1.86. The van der Waals surface area contributed by atoms with Crippen LogP contribution in [0.15, 0.2) is 30.5 Å². The Hall–Kier alpha value is -1.85. The number of nitrogens with zero attached hydrogens (tertiary/aromatic N) is 1. The maximum absolute atomic E-state index is 12.4. The summed E-state index contributed by atoms with van der Waals surface area (Å²) in [7, 11) is 1.74. The lowest BCUT2D eigenvalue weighted by Gasteiger charge is -2.26. The van der Waals surface area contributed by atoms with E-state index in [-0.39, 0.29) is 11.9 Å². The number of carbonyl (C=O) groups is 1. The predicted molar refractivity (Wildman–Crippen MR) is 73.1 cm³/mol. The van der Waals surface area contributed by atoms with E-state index in [1.807, 2.05) is 30.5 Å². The van der Waals surface area contributed by atoms with Gasteiger partial charge in [-0.3, -0.25) is 4.79 Å². The number of β-amino-alcohol motifs (C(OH)–C–C–N with tert-alkyl or cyclic N) is 1. The summed E-state index contributed by atoms with van der Waals surface area (Å²) in [4.78, 5) is 17.1. The van der Waals surface area contributed by atoms with Crippen molar-refractivity contribution in [2.75, 3.05) is 20.1 Å². The van der Waals surface area contributed by atoms with E-state index in [9.17, 15) is 9.90 Å². The number of aromatic nitrogens is 1. The van der Waals surface area contributed by atoms with Crippen LogP contribution in [0.25, 0.3) is 10.9 Å². The van der Waals surface area contributed by atoms with E-state index >= 15 is 0 Å².